The van der Waals surface area contributed by atoms with Crippen LogP contribution in [0.4, 0.5) is 5.00 Å². The van der Waals surface area contributed by atoms with Gasteiger partial charge in [0, 0.05) is 18.0 Å². The van der Waals surface area contributed by atoms with E-state index in [0.717, 1.165) is 44.3 Å². The maximum absolute atomic E-state index is 9.45. The molecule has 0 bridgehead atoms. The monoisotopic (exact) mass is 264 g/mol. The molecule has 100 valence electrons. The molecule has 0 fully saturated rings. The molecular weight excluding hydrogens is 240 g/mol. The first kappa shape index (κ1) is 15.0. The van der Waals surface area contributed by atoms with Crippen LogP contribution in [0.1, 0.15) is 56.5 Å². The molecule has 2 nitrogen and oxygen atoms in total. The summed E-state index contributed by atoms with van der Waals surface area (Å²) in [5.74, 6) is 0. The number of hydrogen-bond acceptors (Lipinski definition) is 3. The molecule has 0 radical (unpaired) electrons. The van der Waals surface area contributed by atoms with Gasteiger partial charge in [0.2, 0.25) is 0 Å². The van der Waals surface area contributed by atoms with Crippen molar-refractivity contribution in [3.8, 4) is 6.07 Å². The molecule has 1 aromatic heterocycles. The largest absolute Gasteiger partial charge is 0.362 e. The normalized spacial score (nSPS) is 10.4. The van der Waals surface area contributed by atoms with Gasteiger partial charge in [0.15, 0.2) is 0 Å². The molecule has 0 spiro atoms. The fourth-order valence-corrected chi connectivity index (χ4v) is 3.68. The van der Waals surface area contributed by atoms with Gasteiger partial charge in [0.05, 0.1) is 5.56 Å². The third-order valence-corrected chi connectivity index (χ3v) is 4.57. The van der Waals surface area contributed by atoms with Gasteiger partial charge in [0.1, 0.15) is 11.1 Å². The molecule has 0 saturated carbocycles. The summed E-state index contributed by atoms with van der Waals surface area (Å²) in [5, 5.41) is 10.7. The second-order valence-electron chi connectivity index (χ2n) is 4.49. The molecular formula is C15H24N2S. The molecule has 0 unspecified atom stereocenters. The fraction of sp³-hybridized carbons (Fsp3) is 0.667. The van der Waals surface area contributed by atoms with Gasteiger partial charge in [-0.2, -0.15) is 5.26 Å². The maximum Gasteiger partial charge on any atom is 0.110 e. The zero-order chi connectivity index (χ0) is 13.5. The van der Waals surface area contributed by atoms with Gasteiger partial charge in [0.25, 0.3) is 0 Å². The lowest BCUT2D eigenvalue weighted by Gasteiger charge is -2.22. The van der Waals surface area contributed by atoms with Crippen molar-refractivity contribution in [3.63, 3.8) is 0 Å². The third kappa shape index (κ3) is 3.05. The third-order valence-electron chi connectivity index (χ3n) is 3.13. The van der Waals surface area contributed by atoms with Crippen molar-refractivity contribution in [1.82, 2.24) is 0 Å². The Morgan fingerprint density at radius 3 is 2.06 bits per heavy atom. The van der Waals surface area contributed by atoms with Gasteiger partial charge in [-0.1, -0.05) is 27.7 Å². The highest BCUT2D eigenvalue weighted by molar-refractivity contribution is 7.16. The van der Waals surface area contributed by atoms with Gasteiger partial charge in [-0.25, -0.2) is 0 Å². The Kier molecular flexibility index (Phi) is 6.21. The summed E-state index contributed by atoms with van der Waals surface area (Å²) in [6.45, 7) is 10.8. The van der Waals surface area contributed by atoms with Crippen molar-refractivity contribution >= 4 is 16.3 Å². The van der Waals surface area contributed by atoms with E-state index in [-0.39, 0.29) is 0 Å². The van der Waals surface area contributed by atoms with Gasteiger partial charge in [-0.15, -0.1) is 11.3 Å². The maximum atomic E-state index is 9.45. The lowest BCUT2D eigenvalue weighted by molar-refractivity contribution is 0.749. The van der Waals surface area contributed by atoms with Gasteiger partial charge in [-0.3, -0.25) is 0 Å². The quantitative estimate of drug-likeness (QED) is 0.731. The van der Waals surface area contributed by atoms with Gasteiger partial charge < -0.3 is 4.90 Å². The summed E-state index contributed by atoms with van der Waals surface area (Å²) >= 11 is 1.83. The highest BCUT2D eigenvalue weighted by atomic mass is 32.1. The van der Waals surface area contributed by atoms with Crippen LogP contribution in [-0.4, -0.2) is 13.1 Å². The van der Waals surface area contributed by atoms with Crippen LogP contribution in [0.15, 0.2) is 0 Å². The number of rotatable bonds is 7. The van der Waals surface area contributed by atoms with E-state index in [2.05, 4.69) is 38.7 Å². The molecule has 0 amide bonds. The van der Waals surface area contributed by atoms with Crippen LogP contribution < -0.4 is 4.90 Å². The number of thiophene rings is 1. The van der Waals surface area contributed by atoms with Crippen LogP contribution in [-0.2, 0) is 12.8 Å². The minimum Gasteiger partial charge on any atom is -0.362 e. The molecule has 1 heterocycles. The van der Waals surface area contributed by atoms with E-state index >= 15 is 0 Å². The molecule has 18 heavy (non-hydrogen) atoms. The Morgan fingerprint density at radius 1 is 1.06 bits per heavy atom. The lowest BCUT2D eigenvalue weighted by Crippen LogP contribution is -2.24. The average Bonchev–Trinajstić information content (AvgIpc) is 2.75. The van der Waals surface area contributed by atoms with Gasteiger partial charge in [-0.05, 0) is 31.2 Å². The van der Waals surface area contributed by atoms with Crippen molar-refractivity contribution in [2.24, 2.45) is 0 Å². The zero-order valence-corrected chi connectivity index (χ0v) is 12.9. The molecule has 1 aromatic rings. The molecule has 0 N–H and O–H groups in total. The Bertz CT molecular complexity index is 409. The summed E-state index contributed by atoms with van der Waals surface area (Å²) in [4.78, 5) is 3.78. The van der Waals surface area contributed by atoms with E-state index in [4.69, 9.17) is 0 Å². The van der Waals surface area contributed by atoms with Gasteiger partial charge >= 0.3 is 0 Å². The van der Waals surface area contributed by atoms with E-state index in [1.165, 1.54) is 15.4 Å². The Labute approximate surface area is 115 Å². The van der Waals surface area contributed by atoms with E-state index in [9.17, 15) is 5.26 Å². The molecule has 0 aliphatic heterocycles. The Hall–Kier alpha value is -1.01. The molecule has 0 aromatic carbocycles. The lowest BCUT2D eigenvalue weighted by atomic mass is 10.1. The van der Waals surface area contributed by atoms with E-state index < -0.39 is 0 Å². The summed E-state index contributed by atoms with van der Waals surface area (Å²) in [7, 11) is 0. The minimum atomic E-state index is 0.932. The van der Waals surface area contributed by atoms with Crippen LogP contribution in [0.3, 0.4) is 0 Å². The fourth-order valence-electron chi connectivity index (χ4n) is 2.35. The predicted molar refractivity (Wildman–Crippen MR) is 80.6 cm³/mol. The molecule has 0 aliphatic carbocycles. The summed E-state index contributed by atoms with van der Waals surface area (Å²) in [5.41, 5.74) is 2.21. The molecule has 3 heteroatoms. The molecule has 0 saturated heterocycles. The summed E-state index contributed by atoms with van der Waals surface area (Å²) < 4.78 is 0. The summed E-state index contributed by atoms with van der Waals surface area (Å²) in [6, 6.07) is 2.44. The van der Waals surface area contributed by atoms with Crippen molar-refractivity contribution in [2.75, 3.05) is 18.0 Å². The van der Waals surface area contributed by atoms with E-state index in [0.29, 0.717) is 0 Å². The standard InChI is InChI=1S/C15H24N2S/c1-5-9-17(10-6-2)15-13(11-16)12(7-3)14(8-4)18-15/h5-10H2,1-4H3. The van der Waals surface area contributed by atoms with Crippen molar-refractivity contribution < 1.29 is 0 Å². The van der Waals surface area contributed by atoms with E-state index in [1.807, 2.05) is 11.3 Å². The minimum absolute atomic E-state index is 0.932. The van der Waals surface area contributed by atoms with Crippen LogP contribution >= 0.6 is 11.3 Å². The number of nitrogens with zero attached hydrogens (tertiary/aromatic N) is 2. The number of aryl methyl sites for hydroxylation is 1. The zero-order valence-electron chi connectivity index (χ0n) is 12.0. The smallest absolute Gasteiger partial charge is 0.110 e. The van der Waals surface area contributed by atoms with Crippen LogP contribution in [0, 0.1) is 11.3 Å². The van der Waals surface area contributed by atoms with Crippen LogP contribution in [0.25, 0.3) is 0 Å². The Morgan fingerprint density at radius 2 is 1.67 bits per heavy atom. The van der Waals surface area contributed by atoms with Crippen molar-refractivity contribution in [1.29, 1.82) is 5.26 Å². The first-order chi connectivity index (χ1) is 8.73. The predicted octanol–water partition coefficient (Wildman–Crippen LogP) is 4.37. The second-order valence-corrected chi connectivity index (χ2v) is 5.57. The first-order valence-corrected chi connectivity index (χ1v) is 7.84. The Balaban J connectivity index is 3.20. The number of nitriles is 1. The topological polar surface area (TPSA) is 27.0 Å². The molecule has 1 rings (SSSR count). The SMILES string of the molecule is CCCN(CCC)c1sc(CC)c(CC)c1C#N. The highest BCUT2D eigenvalue weighted by Gasteiger charge is 2.19. The summed E-state index contributed by atoms with van der Waals surface area (Å²) in [6.07, 6.45) is 4.26. The number of anilines is 1. The van der Waals surface area contributed by atoms with Crippen LogP contribution in [0.2, 0.25) is 0 Å². The van der Waals surface area contributed by atoms with Crippen molar-refractivity contribution in [3.05, 3.63) is 16.0 Å². The molecule has 0 aliphatic rings. The number of hydrogen-bond donors (Lipinski definition) is 0. The highest BCUT2D eigenvalue weighted by Crippen LogP contribution is 2.36. The average molecular weight is 264 g/mol. The van der Waals surface area contributed by atoms with E-state index in [1.54, 1.807) is 0 Å². The van der Waals surface area contributed by atoms with Crippen LogP contribution in [0.5, 0.6) is 0 Å². The first-order valence-electron chi connectivity index (χ1n) is 7.02. The second kappa shape index (κ2) is 7.43. The van der Waals surface area contributed by atoms with Crippen molar-refractivity contribution in [2.45, 2.75) is 53.4 Å². The molecule has 0 atom stereocenters.